The predicted molar refractivity (Wildman–Crippen MR) is 62.6 cm³/mol. The first-order chi connectivity index (χ1) is 7.20. The molecule has 0 saturated carbocycles. The van der Waals surface area contributed by atoms with E-state index in [0.717, 1.165) is 21.3 Å². The minimum absolute atomic E-state index is 0.207. The van der Waals surface area contributed by atoms with Crippen molar-refractivity contribution in [3.8, 4) is 0 Å². The van der Waals surface area contributed by atoms with Gasteiger partial charge in [0, 0.05) is 11.6 Å². The SMILES string of the molecule is COC[C@@H](N)c1nc2cc(Br)ccc2[nH]1. The zero-order valence-electron chi connectivity index (χ0n) is 8.33. The molecule has 1 aromatic carbocycles. The Hall–Kier alpha value is -0.910. The molecule has 0 fully saturated rings. The Morgan fingerprint density at radius 2 is 2.40 bits per heavy atom. The number of aromatic nitrogens is 2. The Balaban J connectivity index is 2.38. The second-order valence-electron chi connectivity index (χ2n) is 3.35. The molecule has 1 atom stereocenters. The molecule has 0 aliphatic rings. The van der Waals surface area contributed by atoms with Gasteiger partial charge in [0.05, 0.1) is 23.7 Å². The van der Waals surface area contributed by atoms with E-state index in [0.29, 0.717) is 6.61 Å². The van der Waals surface area contributed by atoms with E-state index in [1.807, 2.05) is 18.2 Å². The van der Waals surface area contributed by atoms with E-state index in [9.17, 15) is 0 Å². The summed E-state index contributed by atoms with van der Waals surface area (Å²) >= 11 is 3.40. The second-order valence-corrected chi connectivity index (χ2v) is 4.26. The van der Waals surface area contributed by atoms with Gasteiger partial charge >= 0.3 is 0 Å². The van der Waals surface area contributed by atoms with Crippen molar-refractivity contribution in [1.82, 2.24) is 9.97 Å². The molecule has 0 bridgehead atoms. The number of fused-ring (bicyclic) bond motifs is 1. The second kappa shape index (κ2) is 4.30. The number of benzene rings is 1. The van der Waals surface area contributed by atoms with Crippen molar-refractivity contribution in [2.24, 2.45) is 5.73 Å². The number of aromatic amines is 1. The topological polar surface area (TPSA) is 63.9 Å². The first-order valence-electron chi connectivity index (χ1n) is 4.60. The number of halogens is 1. The van der Waals surface area contributed by atoms with Crippen LogP contribution < -0.4 is 5.73 Å². The van der Waals surface area contributed by atoms with Gasteiger partial charge in [-0.05, 0) is 18.2 Å². The van der Waals surface area contributed by atoms with Crippen molar-refractivity contribution >= 4 is 27.0 Å². The third kappa shape index (κ3) is 2.19. The van der Waals surface area contributed by atoms with Crippen LogP contribution in [0.1, 0.15) is 11.9 Å². The number of hydrogen-bond donors (Lipinski definition) is 2. The summed E-state index contributed by atoms with van der Waals surface area (Å²) < 4.78 is 5.99. The van der Waals surface area contributed by atoms with Crippen molar-refractivity contribution < 1.29 is 4.74 Å². The number of nitrogens with zero attached hydrogens (tertiary/aromatic N) is 1. The van der Waals surface area contributed by atoms with Gasteiger partial charge in [0.1, 0.15) is 5.82 Å². The lowest BCUT2D eigenvalue weighted by molar-refractivity contribution is 0.178. The Bertz CT molecular complexity index is 469. The van der Waals surface area contributed by atoms with Gasteiger partial charge < -0.3 is 15.5 Å². The standard InChI is InChI=1S/C10H12BrN3O/c1-15-5-7(12)10-13-8-3-2-6(11)4-9(8)14-10/h2-4,7H,5,12H2,1H3,(H,13,14)/t7-/m1/s1. The van der Waals surface area contributed by atoms with Crippen molar-refractivity contribution in [2.75, 3.05) is 13.7 Å². The Morgan fingerprint density at radius 3 is 3.13 bits per heavy atom. The fourth-order valence-corrected chi connectivity index (χ4v) is 1.78. The normalized spacial score (nSPS) is 13.3. The molecule has 15 heavy (non-hydrogen) atoms. The van der Waals surface area contributed by atoms with Crippen LogP contribution in [-0.2, 0) is 4.74 Å². The van der Waals surface area contributed by atoms with E-state index in [4.69, 9.17) is 10.5 Å². The van der Waals surface area contributed by atoms with E-state index in [1.54, 1.807) is 7.11 Å². The molecule has 0 radical (unpaired) electrons. The third-order valence-corrected chi connectivity index (χ3v) is 2.65. The first kappa shape index (κ1) is 10.6. The number of imidazole rings is 1. The minimum Gasteiger partial charge on any atom is -0.383 e. The van der Waals surface area contributed by atoms with E-state index < -0.39 is 0 Å². The predicted octanol–water partition coefficient (Wildman–Crippen LogP) is 1.97. The fraction of sp³-hybridized carbons (Fsp3) is 0.300. The van der Waals surface area contributed by atoms with E-state index in [-0.39, 0.29) is 6.04 Å². The van der Waals surface area contributed by atoms with Crippen molar-refractivity contribution in [1.29, 1.82) is 0 Å². The summed E-state index contributed by atoms with van der Waals surface area (Å²) in [6, 6.07) is 5.68. The quantitative estimate of drug-likeness (QED) is 0.896. The molecule has 0 aliphatic heterocycles. The Kier molecular flexibility index (Phi) is 3.04. The molecular formula is C10H12BrN3O. The number of hydrogen-bond acceptors (Lipinski definition) is 3. The monoisotopic (exact) mass is 269 g/mol. The zero-order chi connectivity index (χ0) is 10.8. The third-order valence-electron chi connectivity index (χ3n) is 2.16. The van der Waals surface area contributed by atoms with Crippen LogP contribution in [0.25, 0.3) is 11.0 Å². The summed E-state index contributed by atoms with van der Waals surface area (Å²) in [6.07, 6.45) is 0. The Morgan fingerprint density at radius 1 is 1.60 bits per heavy atom. The maximum absolute atomic E-state index is 5.88. The van der Waals surface area contributed by atoms with Crippen LogP contribution >= 0.6 is 15.9 Å². The van der Waals surface area contributed by atoms with Crippen LogP contribution in [0.5, 0.6) is 0 Å². The molecule has 0 aliphatic carbocycles. The zero-order valence-corrected chi connectivity index (χ0v) is 9.91. The highest BCUT2D eigenvalue weighted by atomic mass is 79.9. The number of H-pyrrole nitrogens is 1. The van der Waals surface area contributed by atoms with Crippen molar-refractivity contribution in [3.05, 3.63) is 28.5 Å². The molecule has 0 unspecified atom stereocenters. The van der Waals surface area contributed by atoms with E-state index in [1.165, 1.54) is 0 Å². The molecule has 4 nitrogen and oxygen atoms in total. The minimum atomic E-state index is -0.207. The summed E-state index contributed by atoms with van der Waals surface area (Å²) in [5, 5.41) is 0. The molecule has 1 heterocycles. The molecule has 1 aromatic heterocycles. The summed E-state index contributed by atoms with van der Waals surface area (Å²) in [5.74, 6) is 0.755. The van der Waals surface area contributed by atoms with Gasteiger partial charge in [-0.1, -0.05) is 15.9 Å². The van der Waals surface area contributed by atoms with Gasteiger partial charge in [0.15, 0.2) is 0 Å². The van der Waals surface area contributed by atoms with Gasteiger partial charge in [0.2, 0.25) is 0 Å². The summed E-state index contributed by atoms with van der Waals surface area (Å²) in [6.45, 7) is 0.459. The average Bonchev–Trinajstić information content (AvgIpc) is 2.60. The molecular weight excluding hydrogens is 258 g/mol. The highest BCUT2D eigenvalue weighted by Gasteiger charge is 2.10. The maximum atomic E-state index is 5.88. The molecule has 80 valence electrons. The van der Waals surface area contributed by atoms with Crippen LogP contribution in [0, 0.1) is 0 Å². The van der Waals surface area contributed by atoms with Gasteiger partial charge in [0.25, 0.3) is 0 Å². The summed E-state index contributed by atoms with van der Waals surface area (Å²) in [5.41, 5.74) is 7.77. The molecule has 2 aromatic rings. The average molecular weight is 270 g/mol. The molecule has 0 amide bonds. The van der Waals surface area contributed by atoms with Crippen LogP contribution in [0.2, 0.25) is 0 Å². The van der Waals surface area contributed by atoms with Crippen LogP contribution in [0.4, 0.5) is 0 Å². The van der Waals surface area contributed by atoms with Gasteiger partial charge in [-0.15, -0.1) is 0 Å². The largest absolute Gasteiger partial charge is 0.383 e. The Labute approximate surface area is 96.0 Å². The van der Waals surface area contributed by atoms with Crippen molar-refractivity contribution in [3.63, 3.8) is 0 Å². The lowest BCUT2D eigenvalue weighted by Gasteiger charge is -2.05. The number of nitrogens with one attached hydrogen (secondary N) is 1. The van der Waals surface area contributed by atoms with Crippen molar-refractivity contribution in [2.45, 2.75) is 6.04 Å². The molecule has 3 N–H and O–H groups in total. The number of ether oxygens (including phenoxy) is 1. The fourth-order valence-electron chi connectivity index (χ4n) is 1.43. The lowest BCUT2D eigenvalue weighted by Crippen LogP contribution is -2.17. The van der Waals surface area contributed by atoms with E-state index in [2.05, 4.69) is 25.9 Å². The van der Waals surface area contributed by atoms with Gasteiger partial charge in [-0.25, -0.2) is 4.98 Å². The highest BCUT2D eigenvalue weighted by Crippen LogP contribution is 2.19. The highest BCUT2D eigenvalue weighted by molar-refractivity contribution is 9.10. The first-order valence-corrected chi connectivity index (χ1v) is 5.39. The molecule has 5 heteroatoms. The van der Waals surface area contributed by atoms with E-state index >= 15 is 0 Å². The van der Waals surface area contributed by atoms with Crippen LogP contribution in [0.3, 0.4) is 0 Å². The van der Waals surface area contributed by atoms with Gasteiger partial charge in [-0.2, -0.15) is 0 Å². The summed E-state index contributed by atoms with van der Waals surface area (Å²) in [7, 11) is 1.62. The molecule has 0 saturated heterocycles. The smallest absolute Gasteiger partial charge is 0.126 e. The van der Waals surface area contributed by atoms with Gasteiger partial charge in [-0.3, -0.25) is 0 Å². The number of methoxy groups -OCH3 is 1. The lowest BCUT2D eigenvalue weighted by atomic mass is 10.3. The number of nitrogens with two attached hydrogens (primary N) is 1. The molecule has 0 spiro atoms. The number of rotatable bonds is 3. The van der Waals surface area contributed by atoms with Crippen LogP contribution in [0.15, 0.2) is 22.7 Å². The van der Waals surface area contributed by atoms with Crippen LogP contribution in [-0.4, -0.2) is 23.7 Å². The maximum Gasteiger partial charge on any atom is 0.126 e. The summed E-state index contributed by atoms with van der Waals surface area (Å²) in [4.78, 5) is 7.57. The molecule has 2 rings (SSSR count).